The fourth-order valence-corrected chi connectivity index (χ4v) is 1.49. The van der Waals surface area contributed by atoms with E-state index in [9.17, 15) is 4.79 Å². The van der Waals surface area contributed by atoms with E-state index in [1.54, 1.807) is 7.11 Å². The summed E-state index contributed by atoms with van der Waals surface area (Å²) in [6, 6.07) is 0. The SMILES string of the molecule is COC(=O)[C@@H]1COCC[C@@H](OC)C1. The van der Waals surface area contributed by atoms with Crippen molar-refractivity contribution < 1.29 is 19.0 Å². The summed E-state index contributed by atoms with van der Waals surface area (Å²) in [5, 5.41) is 0. The van der Waals surface area contributed by atoms with Gasteiger partial charge in [0.1, 0.15) is 0 Å². The first kappa shape index (κ1) is 10.5. The van der Waals surface area contributed by atoms with Crippen LogP contribution in [-0.2, 0) is 19.0 Å². The van der Waals surface area contributed by atoms with Crippen LogP contribution in [-0.4, -0.2) is 39.5 Å². The number of carbonyl (C=O) groups is 1. The Hall–Kier alpha value is -0.610. The predicted octanol–water partition coefficient (Wildman–Crippen LogP) is 0.601. The van der Waals surface area contributed by atoms with E-state index in [1.807, 2.05) is 0 Å². The van der Waals surface area contributed by atoms with Crippen LogP contribution >= 0.6 is 0 Å². The number of hydrogen-bond acceptors (Lipinski definition) is 4. The van der Waals surface area contributed by atoms with Gasteiger partial charge in [-0.1, -0.05) is 0 Å². The van der Waals surface area contributed by atoms with Crippen molar-refractivity contribution in [2.75, 3.05) is 27.4 Å². The highest BCUT2D eigenvalue weighted by Crippen LogP contribution is 2.18. The fourth-order valence-electron chi connectivity index (χ4n) is 1.49. The van der Waals surface area contributed by atoms with Crippen molar-refractivity contribution in [2.45, 2.75) is 18.9 Å². The second-order valence-electron chi connectivity index (χ2n) is 3.18. The van der Waals surface area contributed by atoms with Gasteiger partial charge in [0.15, 0.2) is 0 Å². The van der Waals surface area contributed by atoms with Crippen LogP contribution in [0.5, 0.6) is 0 Å². The summed E-state index contributed by atoms with van der Waals surface area (Å²) in [4.78, 5) is 11.2. The predicted molar refractivity (Wildman–Crippen MR) is 46.4 cm³/mol. The average Bonchev–Trinajstić information content (AvgIpc) is 2.41. The molecule has 76 valence electrons. The molecule has 4 heteroatoms. The van der Waals surface area contributed by atoms with Crippen molar-refractivity contribution in [3.05, 3.63) is 0 Å². The Morgan fingerprint density at radius 1 is 1.46 bits per heavy atom. The number of esters is 1. The molecule has 0 N–H and O–H groups in total. The molecule has 1 rings (SSSR count). The van der Waals surface area contributed by atoms with Crippen LogP contribution in [0.25, 0.3) is 0 Å². The first-order valence-corrected chi connectivity index (χ1v) is 4.46. The molecule has 0 bridgehead atoms. The molecule has 1 saturated heterocycles. The zero-order valence-corrected chi connectivity index (χ0v) is 8.12. The molecule has 0 spiro atoms. The van der Waals surface area contributed by atoms with E-state index in [4.69, 9.17) is 9.47 Å². The van der Waals surface area contributed by atoms with Crippen LogP contribution in [0.2, 0.25) is 0 Å². The molecule has 13 heavy (non-hydrogen) atoms. The second kappa shape index (κ2) is 5.19. The lowest BCUT2D eigenvalue weighted by Gasteiger charge is -2.15. The van der Waals surface area contributed by atoms with E-state index in [1.165, 1.54) is 7.11 Å². The summed E-state index contributed by atoms with van der Waals surface area (Å²) < 4.78 is 15.2. The summed E-state index contributed by atoms with van der Waals surface area (Å²) in [5.74, 6) is -0.374. The number of hydrogen-bond donors (Lipinski definition) is 0. The number of rotatable bonds is 2. The summed E-state index contributed by atoms with van der Waals surface area (Å²) in [5.41, 5.74) is 0. The third-order valence-electron chi connectivity index (χ3n) is 2.32. The fraction of sp³-hybridized carbons (Fsp3) is 0.889. The van der Waals surface area contributed by atoms with Gasteiger partial charge < -0.3 is 14.2 Å². The Balaban J connectivity index is 2.48. The molecule has 1 fully saturated rings. The molecule has 1 aliphatic rings. The molecule has 0 amide bonds. The molecule has 1 aliphatic heterocycles. The van der Waals surface area contributed by atoms with Crippen molar-refractivity contribution >= 4 is 5.97 Å². The van der Waals surface area contributed by atoms with E-state index >= 15 is 0 Å². The van der Waals surface area contributed by atoms with Crippen molar-refractivity contribution in [1.82, 2.24) is 0 Å². The number of methoxy groups -OCH3 is 2. The number of carbonyl (C=O) groups excluding carboxylic acids is 1. The van der Waals surface area contributed by atoms with Crippen LogP contribution in [0, 0.1) is 5.92 Å². The van der Waals surface area contributed by atoms with E-state index in [2.05, 4.69) is 4.74 Å². The van der Waals surface area contributed by atoms with Gasteiger partial charge in [0, 0.05) is 13.7 Å². The molecule has 0 radical (unpaired) electrons. The standard InChI is InChI=1S/C9H16O4/c1-11-8-3-4-13-6-7(5-8)9(10)12-2/h7-8H,3-6H2,1-2H3/t7-,8+/m0/s1. The lowest BCUT2D eigenvalue weighted by atomic mass is 10.0. The smallest absolute Gasteiger partial charge is 0.311 e. The van der Waals surface area contributed by atoms with Crippen LogP contribution in [0.1, 0.15) is 12.8 Å². The molecule has 2 atom stereocenters. The second-order valence-corrected chi connectivity index (χ2v) is 3.18. The van der Waals surface area contributed by atoms with Crippen molar-refractivity contribution in [3.8, 4) is 0 Å². The minimum absolute atomic E-state index is 0.117. The Bertz CT molecular complexity index is 169. The topological polar surface area (TPSA) is 44.8 Å². The van der Waals surface area contributed by atoms with Gasteiger partial charge in [-0.3, -0.25) is 4.79 Å². The van der Waals surface area contributed by atoms with Crippen LogP contribution in [0.4, 0.5) is 0 Å². The van der Waals surface area contributed by atoms with Crippen molar-refractivity contribution in [2.24, 2.45) is 5.92 Å². The Morgan fingerprint density at radius 2 is 2.23 bits per heavy atom. The third kappa shape index (κ3) is 2.97. The minimum atomic E-state index is -0.205. The molecule has 0 aliphatic carbocycles. The van der Waals surface area contributed by atoms with Gasteiger partial charge in [0.05, 0.1) is 25.7 Å². The normalized spacial score (nSPS) is 29.4. The lowest BCUT2D eigenvalue weighted by Crippen LogP contribution is -2.24. The molecule has 0 aromatic rings. The highest BCUT2D eigenvalue weighted by atomic mass is 16.5. The Kier molecular flexibility index (Phi) is 4.18. The molecular weight excluding hydrogens is 172 g/mol. The van der Waals surface area contributed by atoms with Gasteiger partial charge in [-0.05, 0) is 12.8 Å². The Labute approximate surface area is 78.2 Å². The van der Waals surface area contributed by atoms with Gasteiger partial charge in [-0.15, -0.1) is 0 Å². The van der Waals surface area contributed by atoms with E-state index < -0.39 is 0 Å². The zero-order chi connectivity index (χ0) is 9.68. The minimum Gasteiger partial charge on any atom is -0.469 e. The molecule has 0 unspecified atom stereocenters. The van der Waals surface area contributed by atoms with Gasteiger partial charge in [-0.25, -0.2) is 0 Å². The van der Waals surface area contributed by atoms with Crippen molar-refractivity contribution in [3.63, 3.8) is 0 Å². The van der Waals surface area contributed by atoms with E-state index in [-0.39, 0.29) is 18.0 Å². The zero-order valence-electron chi connectivity index (χ0n) is 8.12. The molecule has 0 aromatic carbocycles. The molecule has 4 nitrogen and oxygen atoms in total. The Morgan fingerprint density at radius 3 is 2.85 bits per heavy atom. The van der Waals surface area contributed by atoms with E-state index in [0.717, 1.165) is 6.42 Å². The molecular formula is C9H16O4. The van der Waals surface area contributed by atoms with Gasteiger partial charge >= 0.3 is 5.97 Å². The highest BCUT2D eigenvalue weighted by molar-refractivity contribution is 5.72. The summed E-state index contributed by atoms with van der Waals surface area (Å²) in [7, 11) is 3.05. The van der Waals surface area contributed by atoms with Gasteiger partial charge in [-0.2, -0.15) is 0 Å². The summed E-state index contributed by atoms with van der Waals surface area (Å²) in [6.07, 6.45) is 1.67. The highest BCUT2D eigenvalue weighted by Gasteiger charge is 2.26. The first-order chi connectivity index (χ1) is 6.27. The molecule has 0 saturated carbocycles. The third-order valence-corrected chi connectivity index (χ3v) is 2.32. The maximum absolute atomic E-state index is 11.2. The van der Waals surface area contributed by atoms with Crippen molar-refractivity contribution in [1.29, 1.82) is 0 Å². The summed E-state index contributed by atoms with van der Waals surface area (Å²) >= 11 is 0. The quantitative estimate of drug-likeness (QED) is 0.595. The van der Waals surface area contributed by atoms with Gasteiger partial charge in [0.25, 0.3) is 0 Å². The largest absolute Gasteiger partial charge is 0.469 e. The first-order valence-electron chi connectivity index (χ1n) is 4.46. The monoisotopic (exact) mass is 188 g/mol. The maximum atomic E-state index is 11.2. The van der Waals surface area contributed by atoms with Crippen LogP contribution in [0.3, 0.4) is 0 Å². The average molecular weight is 188 g/mol. The molecule has 0 aromatic heterocycles. The molecule has 1 heterocycles. The maximum Gasteiger partial charge on any atom is 0.311 e. The van der Waals surface area contributed by atoms with Crippen LogP contribution < -0.4 is 0 Å². The van der Waals surface area contributed by atoms with E-state index in [0.29, 0.717) is 19.6 Å². The van der Waals surface area contributed by atoms with Gasteiger partial charge in [0.2, 0.25) is 0 Å². The lowest BCUT2D eigenvalue weighted by molar-refractivity contribution is -0.148. The summed E-state index contributed by atoms with van der Waals surface area (Å²) in [6.45, 7) is 1.11. The van der Waals surface area contributed by atoms with Crippen LogP contribution in [0.15, 0.2) is 0 Å². The number of ether oxygens (including phenoxy) is 3.